The van der Waals surface area contributed by atoms with Crippen molar-refractivity contribution < 1.29 is 19.0 Å². The van der Waals surface area contributed by atoms with Crippen molar-refractivity contribution in [2.24, 2.45) is 0 Å². The molecule has 0 spiro atoms. The highest BCUT2D eigenvalue weighted by Crippen LogP contribution is 2.26. The third-order valence-corrected chi connectivity index (χ3v) is 4.24. The Hall–Kier alpha value is -2.60. The number of halogens is 1. The number of aliphatic hydroxyl groups is 1. The molecule has 1 atom stereocenters. The highest BCUT2D eigenvalue weighted by atomic mass is 19.1. The lowest BCUT2D eigenvalue weighted by atomic mass is 10.1. The average Bonchev–Trinajstić information content (AvgIpc) is 3.02. The minimum Gasteiger partial charge on any atom is -0.457 e. The monoisotopic (exact) mass is 344 g/mol. The van der Waals surface area contributed by atoms with Crippen molar-refractivity contribution in [3.63, 3.8) is 0 Å². The molecule has 2 aromatic rings. The molecule has 2 amide bonds. The van der Waals surface area contributed by atoms with Gasteiger partial charge in [0.1, 0.15) is 11.5 Å². The molecule has 5 nitrogen and oxygen atoms in total. The lowest BCUT2D eigenvalue weighted by Crippen LogP contribution is -2.37. The van der Waals surface area contributed by atoms with Crippen LogP contribution in [0.3, 0.4) is 0 Å². The maximum atomic E-state index is 14.0. The summed E-state index contributed by atoms with van der Waals surface area (Å²) in [6, 6.07) is 14.3. The first kappa shape index (κ1) is 17.2. The standard InChI is InChI=1S/C19H21FN2O3/c1-14-2-6-16(7-3-14)25-17-8-4-15(5-9-17)21-18(24)22-11-10-19(20,12-22)13-23/h2-9,23H,10-13H2,1H3,(H,21,24). The van der Waals surface area contributed by atoms with Gasteiger partial charge < -0.3 is 20.1 Å². The molecule has 6 heteroatoms. The zero-order chi connectivity index (χ0) is 17.9. The molecule has 25 heavy (non-hydrogen) atoms. The van der Waals surface area contributed by atoms with E-state index in [9.17, 15) is 9.18 Å². The molecule has 0 bridgehead atoms. The van der Waals surface area contributed by atoms with E-state index in [4.69, 9.17) is 9.84 Å². The zero-order valence-electron chi connectivity index (χ0n) is 14.0. The smallest absolute Gasteiger partial charge is 0.321 e. The largest absolute Gasteiger partial charge is 0.457 e. The maximum Gasteiger partial charge on any atom is 0.321 e. The summed E-state index contributed by atoms with van der Waals surface area (Å²) in [6.45, 7) is 1.64. The fourth-order valence-electron chi connectivity index (χ4n) is 2.69. The summed E-state index contributed by atoms with van der Waals surface area (Å²) in [6.07, 6.45) is 0.153. The highest BCUT2D eigenvalue weighted by Gasteiger charge is 2.39. The SMILES string of the molecule is Cc1ccc(Oc2ccc(NC(=O)N3CCC(F)(CO)C3)cc2)cc1. The zero-order valence-corrected chi connectivity index (χ0v) is 14.0. The van der Waals surface area contributed by atoms with Crippen LogP contribution in [-0.2, 0) is 0 Å². The number of urea groups is 1. The molecule has 2 N–H and O–H groups in total. The Balaban J connectivity index is 1.57. The Kier molecular flexibility index (Phi) is 4.90. The van der Waals surface area contributed by atoms with Gasteiger partial charge in [0.25, 0.3) is 0 Å². The summed E-state index contributed by atoms with van der Waals surface area (Å²) >= 11 is 0. The third kappa shape index (κ3) is 4.28. The second-order valence-electron chi connectivity index (χ2n) is 6.35. The number of alkyl halides is 1. The summed E-state index contributed by atoms with van der Waals surface area (Å²) in [4.78, 5) is 13.5. The van der Waals surface area contributed by atoms with E-state index in [2.05, 4.69) is 5.32 Å². The van der Waals surface area contributed by atoms with Gasteiger partial charge in [-0.1, -0.05) is 17.7 Å². The Morgan fingerprint density at radius 1 is 1.20 bits per heavy atom. The first-order chi connectivity index (χ1) is 12.0. The van der Waals surface area contributed by atoms with Crippen LogP contribution in [0.4, 0.5) is 14.9 Å². The minimum absolute atomic E-state index is 0.0933. The Bertz CT molecular complexity index is 733. The number of nitrogens with zero attached hydrogens (tertiary/aromatic N) is 1. The number of hydrogen-bond donors (Lipinski definition) is 2. The van der Waals surface area contributed by atoms with Gasteiger partial charge in [-0.15, -0.1) is 0 Å². The van der Waals surface area contributed by atoms with Gasteiger partial charge in [-0.05, 0) is 43.3 Å². The van der Waals surface area contributed by atoms with Gasteiger partial charge in [-0.25, -0.2) is 9.18 Å². The Labute approximate surface area is 146 Å². The van der Waals surface area contributed by atoms with Gasteiger partial charge in [0, 0.05) is 18.7 Å². The molecule has 1 aliphatic rings. The number of carbonyl (C=O) groups excluding carboxylic acids is 1. The molecule has 1 fully saturated rings. The summed E-state index contributed by atoms with van der Waals surface area (Å²) in [5.41, 5.74) is 0.0655. The predicted molar refractivity (Wildman–Crippen MR) is 93.8 cm³/mol. The molecular formula is C19H21FN2O3. The van der Waals surface area contributed by atoms with E-state index in [1.165, 1.54) is 4.90 Å². The fourth-order valence-corrected chi connectivity index (χ4v) is 2.69. The number of amides is 2. The normalized spacial score (nSPS) is 19.7. The van der Waals surface area contributed by atoms with Crippen LogP contribution in [0.15, 0.2) is 48.5 Å². The van der Waals surface area contributed by atoms with E-state index in [1.807, 2.05) is 31.2 Å². The van der Waals surface area contributed by atoms with Crippen molar-refractivity contribution in [3.05, 3.63) is 54.1 Å². The van der Waals surface area contributed by atoms with Gasteiger partial charge >= 0.3 is 6.03 Å². The van der Waals surface area contributed by atoms with Gasteiger partial charge in [-0.2, -0.15) is 0 Å². The number of hydrogen-bond acceptors (Lipinski definition) is 3. The lowest BCUT2D eigenvalue weighted by molar-refractivity contribution is 0.0813. The van der Waals surface area contributed by atoms with Crippen molar-refractivity contribution in [1.29, 1.82) is 0 Å². The van der Waals surface area contributed by atoms with Crippen LogP contribution in [0.2, 0.25) is 0 Å². The van der Waals surface area contributed by atoms with E-state index in [1.54, 1.807) is 24.3 Å². The van der Waals surface area contributed by atoms with Crippen LogP contribution in [0, 0.1) is 6.92 Å². The van der Waals surface area contributed by atoms with Gasteiger partial charge in [-0.3, -0.25) is 0 Å². The van der Waals surface area contributed by atoms with Crippen LogP contribution < -0.4 is 10.1 Å². The van der Waals surface area contributed by atoms with E-state index < -0.39 is 12.3 Å². The number of nitrogens with one attached hydrogen (secondary N) is 1. The molecular weight excluding hydrogens is 323 g/mol. The van der Waals surface area contributed by atoms with Crippen LogP contribution in [-0.4, -0.2) is 41.4 Å². The average molecular weight is 344 g/mol. The van der Waals surface area contributed by atoms with Crippen LogP contribution in [0.25, 0.3) is 0 Å². The summed E-state index contributed by atoms with van der Waals surface area (Å²) in [7, 11) is 0. The van der Waals surface area contributed by atoms with Crippen molar-refractivity contribution in [2.75, 3.05) is 25.0 Å². The van der Waals surface area contributed by atoms with Gasteiger partial charge in [0.05, 0.1) is 13.2 Å². The summed E-state index contributed by atoms with van der Waals surface area (Å²) in [5.74, 6) is 1.40. The van der Waals surface area contributed by atoms with Crippen LogP contribution in [0.5, 0.6) is 11.5 Å². The molecule has 2 aromatic carbocycles. The quantitative estimate of drug-likeness (QED) is 0.888. The second-order valence-corrected chi connectivity index (χ2v) is 6.35. The number of aliphatic hydroxyl groups excluding tert-OH is 1. The molecule has 1 heterocycles. The summed E-state index contributed by atoms with van der Waals surface area (Å²) < 4.78 is 19.7. The van der Waals surface area contributed by atoms with Crippen LogP contribution >= 0.6 is 0 Å². The highest BCUT2D eigenvalue weighted by molar-refractivity contribution is 5.89. The summed E-state index contributed by atoms with van der Waals surface area (Å²) in [5, 5.41) is 11.8. The molecule has 0 aromatic heterocycles. The van der Waals surface area contributed by atoms with Gasteiger partial charge in [0.2, 0.25) is 0 Å². The molecule has 1 aliphatic heterocycles. The Morgan fingerprint density at radius 3 is 2.36 bits per heavy atom. The molecule has 1 saturated heterocycles. The molecule has 3 rings (SSSR count). The number of anilines is 1. The minimum atomic E-state index is -1.69. The molecule has 0 aliphatic carbocycles. The number of aryl methyl sites for hydroxylation is 1. The van der Waals surface area contributed by atoms with Crippen molar-refractivity contribution in [2.45, 2.75) is 19.0 Å². The number of likely N-dealkylation sites (tertiary alicyclic amines) is 1. The number of carbonyl (C=O) groups is 1. The van der Waals surface area contributed by atoms with Crippen molar-refractivity contribution in [1.82, 2.24) is 4.90 Å². The molecule has 0 radical (unpaired) electrons. The van der Waals surface area contributed by atoms with E-state index in [0.29, 0.717) is 11.4 Å². The molecule has 0 saturated carbocycles. The second kappa shape index (κ2) is 7.11. The van der Waals surface area contributed by atoms with Crippen molar-refractivity contribution in [3.8, 4) is 11.5 Å². The number of benzene rings is 2. The number of rotatable bonds is 4. The maximum absolute atomic E-state index is 14.0. The van der Waals surface area contributed by atoms with E-state index in [0.717, 1.165) is 11.3 Å². The van der Waals surface area contributed by atoms with Gasteiger partial charge in [0.15, 0.2) is 5.67 Å². The van der Waals surface area contributed by atoms with E-state index in [-0.39, 0.29) is 25.5 Å². The topological polar surface area (TPSA) is 61.8 Å². The third-order valence-electron chi connectivity index (χ3n) is 4.24. The van der Waals surface area contributed by atoms with Crippen LogP contribution in [0.1, 0.15) is 12.0 Å². The first-order valence-corrected chi connectivity index (χ1v) is 8.18. The first-order valence-electron chi connectivity index (χ1n) is 8.18. The fraction of sp³-hybridized carbons (Fsp3) is 0.316. The van der Waals surface area contributed by atoms with Crippen molar-refractivity contribution >= 4 is 11.7 Å². The molecule has 1 unspecified atom stereocenters. The van der Waals surface area contributed by atoms with E-state index >= 15 is 0 Å². The Morgan fingerprint density at radius 2 is 1.80 bits per heavy atom. The predicted octanol–water partition coefficient (Wildman–Crippen LogP) is 3.73. The molecule has 132 valence electrons. The lowest BCUT2D eigenvalue weighted by Gasteiger charge is -2.19. The number of ether oxygens (including phenoxy) is 1.